The lowest BCUT2D eigenvalue weighted by molar-refractivity contribution is 0.112. The van der Waals surface area contributed by atoms with E-state index in [0.717, 1.165) is 18.6 Å². The molecule has 0 spiro atoms. The van der Waals surface area contributed by atoms with E-state index in [1.165, 1.54) is 0 Å². The third kappa shape index (κ3) is 1.81. The van der Waals surface area contributed by atoms with Gasteiger partial charge in [-0.05, 0) is 19.1 Å². The number of aldehydes is 1. The molecule has 0 amide bonds. The summed E-state index contributed by atoms with van der Waals surface area (Å²) < 4.78 is 0. The molecule has 12 heavy (non-hydrogen) atoms. The summed E-state index contributed by atoms with van der Waals surface area (Å²) in [5, 5.41) is 0. The normalized spacial score (nSPS) is 9.50. The van der Waals surface area contributed by atoms with Crippen molar-refractivity contribution in [2.75, 3.05) is 18.5 Å². The maximum atomic E-state index is 10.4. The van der Waals surface area contributed by atoms with E-state index < -0.39 is 0 Å². The summed E-state index contributed by atoms with van der Waals surface area (Å²) in [6, 6.07) is 3.47. The lowest BCUT2D eigenvalue weighted by Crippen LogP contribution is -2.17. The summed E-state index contributed by atoms with van der Waals surface area (Å²) in [5.74, 6) is 0.835. The van der Waals surface area contributed by atoms with Gasteiger partial charge in [0.1, 0.15) is 12.1 Å². The van der Waals surface area contributed by atoms with Crippen LogP contribution in [0.5, 0.6) is 0 Å². The topological polar surface area (TPSA) is 33.2 Å². The summed E-state index contributed by atoms with van der Waals surface area (Å²) in [6.07, 6.45) is 2.47. The van der Waals surface area contributed by atoms with Crippen LogP contribution in [-0.4, -0.2) is 24.9 Å². The average molecular weight is 164 g/mol. The second-order valence-electron chi connectivity index (χ2n) is 2.58. The smallest absolute Gasteiger partial charge is 0.150 e. The highest BCUT2D eigenvalue weighted by molar-refractivity contribution is 5.76. The van der Waals surface area contributed by atoms with Gasteiger partial charge in [0.25, 0.3) is 0 Å². The molecule has 0 atom stereocenters. The molecule has 1 aromatic heterocycles. The summed E-state index contributed by atoms with van der Waals surface area (Å²) in [5.41, 5.74) is 0.667. The van der Waals surface area contributed by atoms with Crippen LogP contribution in [0.1, 0.15) is 17.3 Å². The van der Waals surface area contributed by atoms with Gasteiger partial charge in [0, 0.05) is 25.4 Å². The van der Waals surface area contributed by atoms with Crippen molar-refractivity contribution in [3.05, 3.63) is 23.9 Å². The van der Waals surface area contributed by atoms with Gasteiger partial charge in [-0.3, -0.25) is 4.79 Å². The third-order valence-electron chi connectivity index (χ3n) is 1.77. The first-order valence-electron chi connectivity index (χ1n) is 3.90. The molecule has 0 N–H and O–H groups in total. The Labute approximate surface area is 72.0 Å². The van der Waals surface area contributed by atoms with Crippen molar-refractivity contribution < 1.29 is 4.79 Å². The van der Waals surface area contributed by atoms with Crippen LogP contribution in [0.2, 0.25) is 0 Å². The van der Waals surface area contributed by atoms with Crippen LogP contribution in [0, 0.1) is 0 Å². The fourth-order valence-corrected chi connectivity index (χ4v) is 0.878. The van der Waals surface area contributed by atoms with Crippen LogP contribution in [0.3, 0.4) is 0 Å². The molecule has 64 valence electrons. The van der Waals surface area contributed by atoms with E-state index >= 15 is 0 Å². The molecular weight excluding hydrogens is 152 g/mol. The predicted molar refractivity (Wildman–Crippen MR) is 48.6 cm³/mol. The standard InChI is InChI=1S/C9H12N2O/c1-3-11(2)9-6-8(7-12)4-5-10-9/h4-7H,3H2,1-2H3. The maximum Gasteiger partial charge on any atom is 0.150 e. The van der Waals surface area contributed by atoms with E-state index in [4.69, 9.17) is 0 Å². The van der Waals surface area contributed by atoms with Gasteiger partial charge in [0.05, 0.1) is 0 Å². The number of hydrogen-bond acceptors (Lipinski definition) is 3. The summed E-state index contributed by atoms with van der Waals surface area (Å²) in [4.78, 5) is 16.5. The van der Waals surface area contributed by atoms with Gasteiger partial charge in [-0.2, -0.15) is 0 Å². The van der Waals surface area contributed by atoms with Gasteiger partial charge in [0.15, 0.2) is 0 Å². The van der Waals surface area contributed by atoms with Crippen molar-refractivity contribution in [3.8, 4) is 0 Å². The minimum absolute atomic E-state index is 0.667. The molecule has 0 saturated heterocycles. The van der Waals surface area contributed by atoms with Crippen molar-refractivity contribution in [3.63, 3.8) is 0 Å². The quantitative estimate of drug-likeness (QED) is 0.632. The largest absolute Gasteiger partial charge is 0.360 e. The van der Waals surface area contributed by atoms with Crippen molar-refractivity contribution in [2.45, 2.75) is 6.92 Å². The van der Waals surface area contributed by atoms with E-state index in [9.17, 15) is 4.79 Å². The number of nitrogens with zero attached hydrogens (tertiary/aromatic N) is 2. The summed E-state index contributed by atoms with van der Waals surface area (Å²) in [7, 11) is 1.94. The molecule has 0 aliphatic rings. The Morgan fingerprint density at radius 3 is 3.00 bits per heavy atom. The lowest BCUT2D eigenvalue weighted by atomic mass is 10.3. The number of carbonyl (C=O) groups is 1. The Morgan fingerprint density at radius 2 is 2.42 bits per heavy atom. The van der Waals surface area contributed by atoms with E-state index in [-0.39, 0.29) is 0 Å². The monoisotopic (exact) mass is 164 g/mol. The van der Waals surface area contributed by atoms with E-state index in [1.54, 1.807) is 18.3 Å². The molecule has 0 aliphatic heterocycles. The fraction of sp³-hybridized carbons (Fsp3) is 0.333. The molecule has 0 aromatic carbocycles. The summed E-state index contributed by atoms with van der Waals surface area (Å²) in [6.45, 7) is 2.92. The van der Waals surface area contributed by atoms with Crippen molar-refractivity contribution in [1.82, 2.24) is 4.98 Å². The Morgan fingerprint density at radius 1 is 1.67 bits per heavy atom. The van der Waals surface area contributed by atoms with Crippen LogP contribution >= 0.6 is 0 Å². The first-order chi connectivity index (χ1) is 5.77. The van der Waals surface area contributed by atoms with Crippen LogP contribution in [0.25, 0.3) is 0 Å². The molecule has 0 fully saturated rings. The van der Waals surface area contributed by atoms with E-state index in [0.29, 0.717) is 5.56 Å². The predicted octanol–water partition coefficient (Wildman–Crippen LogP) is 1.35. The van der Waals surface area contributed by atoms with E-state index in [2.05, 4.69) is 4.98 Å². The average Bonchev–Trinajstić information content (AvgIpc) is 2.17. The second kappa shape index (κ2) is 3.85. The third-order valence-corrected chi connectivity index (χ3v) is 1.77. The molecule has 0 bridgehead atoms. The minimum atomic E-state index is 0.667. The maximum absolute atomic E-state index is 10.4. The number of aromatic nitrogens is 1. The van der Waals surface area contributed by atoms with E-state index in [1.807, 2.05) is 18.9 Å². The van der Waals surface area contributed by atoms with Crippen LogP contribution in [0.15, 0.2) is 18.3 Å². The Bertz CT molecular complexity index is 273. The first-order valence-corrected chi connectivity index (χ1v) is 3.90. The van der Waals surface area contributed by atoms with Crippen molar-refractivity contribution in [1.29, 1.82) is 0 Å². The van der Waals surface area contributed by atoms with Crippen LogP contribution in [0.4, 0.5) is 5.82 Å². The second-order valence-corrected chi connectivity index (χ2v) is 2.58. The molecule has 1 aromatic rings. The molecule has 0 saturated carbocycles. The Hall–Kier alpha value is -1.38. The number of pyridine rings is 1. The highest BCUT2D eigenvalue weighted by atomic mass is 16.1. The van der Waals surface area contributed by atoms with Gasteiger partial charge in [0.2, 0.25) is 0 Å². The van der Waals surface area contributed by atoms with Gasteiger partial charge in [-0.1, -0.05) is 0 Å². The SMILES string of the molecule is CCN(C)c1cc(C=O)ccn1. The van der Waals surface area contributed by atoms with Gasteiger partial charge in [-0.15, -0.1) is 0 Å². The molecular formula is C9H12N2O. The van der Waals surface area contributed by atoms with Gasteiger partial charge in [-0.25, -0.2) is 4.98 Å². The van der Waals surface area contributed by atoms with Crippen molar-refractivity contribution >= 4 is 12.1 Å². The number of hydrogen-bond donors (Lipinski definition) is 0. The highest BCUT2D eigenvalue weighted by Gasteiger charge is 1.99. The molecule has 0 unspecified atom stereocenters. The zero-order chi connectivity index (χ0) is 8.97. The van der Waals surface area contributed by atoms with Crippen LogP contribution < -0.4 is 4.90 Å². The van der Waals surface area contributed by atoms with Gasteiger partial charge < -0.3 is 4.90 Å². The van der Waals surface area contributed by atoms with Crippen molar-refractivity contribution in [2.24, 2.45) is 0 Å². The zero-order valence-electron chi connectivity index (χ0n) is 7.32. The zero-order valence-corrected chi connectivity index (χ0v) is 7.32. The molecule has 1 rings (SSSR count). The molecule has 1 heterocycles. The number of carbonyl (C=O) groups excluding carboxylic acids is 1. The lowest BCUT2D eigenvalue weighted by Gasteiger charge is -2.14. The number of anilines is 1. The fourth-order valence-electron chi connectivity index (χ4n) is 0.878. The number of rotatable bonds is 3. The highest BCUT2D eigenvalue weighted by Crippen LogP contribution is 2.08. The summed E-state index contributed by atoms with van der Waals surface area (Å²) >= 11 is 0. The molecule has 3 heteroatoms. The molecule has 0 aliphatic carbocycles. The van der Waals surface area contributed by atoms with Gasteiger partial charge >= 0.3 is 0 Å². The Balaban J connectivity index is 2.93. The minimum Gasteiger partial charge on any atom is -0.360 e. The molecule has 0 radical (unpaired) electrons. The first kappa shape index (κ1) is 8.71. The molecule has 3 nitrogen and oxygen atoms in total. The van der Waals surface area contributed by atoms with Crippen LogP contribution in [-0.2, 0) is 0 Å². The Kier molecular flexibility index (Phi) is 2.80.